The molecular formula is C22H29N5OS. The Balaban J connectivity index is 1.64. The minimum atomic E-state index is -0.699. The molecule has 0 saturated heterocycles. The Morgan fingerprint density at radius 1 is 1.21 bits per heavy atom. The molecule has 29 heavy (non-hydrogen) atoms. The van der Waals surface area contributed by atoms with Crippen molar-refractivity contribution in [1.29, 1.82) is 5.26 Å². The van der Waals surface area contributed by atoms with Gasteiger partial charge >= 0.3 is 0 Å². The van der Waals surface area contributed by atoms with E-state index in [-0.39, 0.29) is 17.1 Å². The lowest BCUT2D eigenvalue weighted by molar-refractivity contribution is -0.120. The molecule has 1 fully saturated rings. The lowest BCUT2D eigenvalue weighted by Gasteiger charge is -2.31. The number of nitrogens with one attached hydrogen (secondary N) is 1. The van der Waals surface area contributed by atoms with E-state index in [1.807, 2.05) is 11.6 Å². The van der Waals surface area contributed by atoms with Gasteiger partial charge < -0.3 is 9.88 Å². The molecule has 1 N–H and O–H groups in total. The summed E-state index contributed by atoms with van der Waals surface area (Å²) in [6.07, 6.45) is 4.58. The molecule has 1 aliphatic rings. The maximum Gasteiger partial charge on any atom is 0.231 e. The summed E-state index contributed by atoms with van der Waals surface area (Å²) in [5, 5.41) is 21.7. The predicted molar refractivity (Wildman–Crippen MR) is 115 cm³/mol. The molecule has 2 aromatic rings. The van der Waals surface area contributed by atoms with Crippen LogP contribution in [0.2, 0.25) is 0 Å². The van der Waals surface area contributed by atoms with Crippen LogP contribution in [0.1, 0.15) is 58.4 Å². The van der Waals surface area contributed by atoms with Gasteiger partial charge in [-0.2, -0.15) is 5.26 Å². The summed E-state index contributed by atoms with van der Waals surface area (Å²) in [7, 11) is 1.91. The largest absolute Gasteiger partial charge is 0.337 e. The zero-order valence-corrected chi connectivity index (χ0v) is 18.5. The van der Waals surface area contributed by atoms with Crippen LogP contribution in [0, 0.1) is 11.3 Å². The topological polar surface area (TPSA) is 83.6 Å². The van der Waals surface area contributed by atoms with E-state index in [0.717, 1.165) is 43.5 Å². The second-order valence-corrected chi connectivity index (χ2v) is 9.73. The molecule has 1 heterocycles. The van der Waals surface area contributed by atoms with Crippen molar-refractivity contribution >= 4 is 17.7 Å². The Kier molecular flexibility index (Phi) is 6.33. The molecule has 154 valence electrons. The number of carbonyl (C=O) groups is 1. The monoisotopic (exact) mass is 411 g/mol. The standard InChI is InChI=1S/C22H29N5OS/c1-21(2,3)17-10-8-16(9-11-17)19-25-26-20(27(19)4)29-14-18(28)24-22(15-23)12-6-5-7-13-22/h8-11H,5-7,12-14H2,1-4H3,(H,24,28). The average Bonchev–Trinajstić information content (AvgIpc) is 3.07. The molecule has 0 aliphatic heterocycles. The fraction of sp³-hybridized carbons (Fsp3) is 0.545. The summed E-state index contributed by atoms with van der Waals surface area (Å²) < 4.78 is 1.91. The minimum Gasteiger partial charge on any atom is -0.337 e. The molecule has 6 nitrogen and oxygen atoms in total. The van der Waals surface area contributed by atoms with Crippen LogP contribution in [-0.4, -0.2) is 32.0 Å². The second-order valence-electron chi connectivity index (χ2n) is 8.78. The Morgan fingerprint density at radius 2 is 1.86 bits per heavy atom. The molecule has 0 spiro atoms. The molecule has 0 radical (unpaired) electrons. The second kappa shape index (κ2) is 8.58. The van der Waals surface area contributed by atoms with E-state index < -0.39 is 5.54 Å². The van der Waals surface area contributed by atoms with Crippen LogP contribution in [0.5, 0.6) is 0 Å². The van der Waals surface area contributed by atoms with Gasteiger partial charge in [0, 0.05) is 12.6 Å². The number of hydrogen-bond donors (Lipinski definition) is 1. The molecule has 0 bridgehead atoms. The van der Waals surface area contributed by atoms with Gasteiger partial charge in [-0.1, -0.05) is 76.1 Å². The highest BCUT2D eigenvalue weighted by atomic mass is 32.2. The highest BCUT2D eigenvalue weighted by molar-refractivity contribution is 7.99. The number of nitriles is 1. The first kappa shape index (κ1) is 21.4. The van der Waals surface area contributed by atoms with Crippen molar-refractivity contribution in [2.24, 2.45) is 7.05 Å². The van der Waals surface area contributed by atoms with Crippen LogP contribution >= 0.6 is 11.8 Å². The third kappa shape index (κ3) is 4.99. The number of hydrogen-bond acceptors (Lipinski definition) is 5. The van der Waals surface area contributed by atoms with Gasteiger partial charge in [-0.3, -0.25) is 4.79 Å². The number of aromatic nitrogens is 3. The molecule has 0 atom stereocenters. The van der Waals surface area contributed by atoms with Crippen molar-refractivity contribution < 1.29 is 4.79 Å². The maximum atomic E-state index is 12.4. The van der Waals surface area contributed by atoms with Crippen LogP contribution in [0.15, 0.2) is 29.4 Å². The number of amides is 1. The number of benzene rings is 1. The SMILES string of the molecule is Cn1c(SCC(=O)NC2(C#N)CCCCC2)nnc1-c1ccc(C(C)(C)C)cc1. The summed E-state index contributed by atoms with van der Waals surface area (Å²) in [6, 6.07) is 10.7. The Hall–Kier alpha value is -2.33. The quantitative estimate of drug-likeness (QED) is 0.745. The fourth-order valence-electron chi connectivity index (χ4n) is 3.66. The summed E-state index contributed by atoms with van der Waals surface area (Å²) in [4.78, 5) is 12.4. The molecule has 0 unspecified atom stereocenters. The van der Waals surface area contributed by atoms with Crippen molar-refractivity contribution in [3.63, 3.8) is 0 Å². The van der Waals surface area contributed by atoms with E-state index in [2.05, 4.69) is 66.6 Å². The molecule has 1 saturated carbocycles. The molecular weight excluding hydrogens is 382 g/mol. The molecule has 3 rings (SSSR count). The number of thioether (sulfide) groups is 1. The number of rotatable bonds is 5. The predicted octanol–water partition coefficient (Wildman–Crippen LogP) is 4.21. The van der Waals surface area contributed by atoms with E-state index in [4.69, 9.17) is 0 Å². The lowest BCUT2D eigenvalue weighted by atomic mass is 9.83. The summed E-state index contributed by atoms with van der Waals surface area (Å²) >= 11 is 1.34. The van der Waals surface area contributed by atoms with Gasteiger partial charge in [-0.05, 0) is 23.8 Å². The Bertz CT molecular complexity index is 899. The highest BCUT2D eigenvalue weighted by Gasteiger charge is 2.33. The third-order valence-corrected chi connectivity index (χ3v) is 6.50. The zero-order valence-electron chi connectivity index (χ0n) is 17.7. The van der Waals surface area contributed by atoms with Crippen LogP contribution < -0.4 is 5.32 Å². The molecule has 1 amide bonds. The Labute approximate surface area is 177 Å². The van der Waals surface area contributed by atoms with Gasteiger partial charge in [0.25, 0.3) is 0 Å². The molecule has 1 aliphatic carbocycles. The van der Waals surface area contributed by atoms with Crippen LogP contribution in [0.4, 0.5) is 0 Å². The first-order chi connectivity index (χ1) is 13.7. The highest BCUT2D eigenvalue weighted by Crippen LogP contribution is 2.29. The molecule has 7 heteroatoms. The van der Waals surface area contributed by atoms with E-state index >= 15 is 0 Å². The third-order valence-electron chi connectivity index (χ3n) is 5.48. The van der Waals surface area contributed by atoms with Crippen molar-refractivity contribution in [2.45, 2.75) is 69.0 Å². The number of carbonyl (C=O) groups excluding carboxylic acids is 1. The van der Waals surface area contributed by atoms with Crippen LogP contribution in [0.3, 0.4) is 0 Å². The van der Waals surface area contributed by atoms with E-state index in [0.29, 0.717) is 5.16 Å². The summed E-state index contributed by atoms with van der Waals surface area (Å²) in [6.45, 7) is 6.57. The van der Waals surface area contributed by atoms with Crippen LogP contribution in [0.25, 0.3) is 11.4 Å². The van der Waals surface area contributed by atoms with Gasteiger partial charge in [-0.15, -0.1) is 10.2 Å². The van der Waals surface area contributed by atoms with Crippen molar-refractivity contribution in [2.75, 3.05) is 5.75 Å². The van der Waals surface area contributed by atoms with Gasteiger partial charge in [-0.25, -0.2) is 0 Å². The van der Waals surface area contributed by atoms with E-state index in [1.54, 1.807) is 0 Å². The van der Waals surface area contributed by atoms with Gasteiger partial charge in [0.2, 0.25) is 5.91 Å². The van der Waals surface area contributed by atoms with Gasteiger partial charge in [0.1, 0.15) is 5.54 Å². The fourth-order valence-corrected chi connectivity index (χ4v) is 4.38. The first-order valence-corrected chi connectivity index (χ1v) is 11.1. The summed E-state index contributed by atoms with van der Waals surface area (Å²) in [5.41, 5.74) is 1.67. The van der Waals surface area contributed by atoms with E-state index in [1.165, 1.54) is 17.3 Å². The van der Waals surface area contributed by atoms with Crippen molar-refractivity contribution in [3.8, 4) is 17.5 Å². The Morgan fingerprint density at radius 3 is 2.45 bits per heavy atom. The average molecular weight is 412 g/mol. The number of nitrogens with zero attached hydrogens (tertiary/aromatic N) is 4. The van der Waals surface area contributed by atoms with Crippen molar-refractivity contribution in [3.05, 3.63) is 29.8 Å². The van der Waals surface area contributed by atoms with Crippen LogP contribution in [-0.2, 0) is 17.3 Å². The van der Waals surface area contributed by atoms with Crippen molar-refractivity contribution in [1.82, 2.24) is 20.1 Å². The smallest absolute Gasteiger partial charge is 0.231 e. The van der Waals surface area contributed by atoms with E-state index in [9.17, 15) is 10.1 Å². The molecule has 1 aromatic carbocycles. The maximum absolute atomic E-state index is 12.4. The normalized spacial score (nSPS) is 16.2. The minimum absolute atomic E-state index is 0.103. The van der Waals surface area contributed by atoms with Gasteiger partial charge in [0.05, 0.1) is 11.8 Å². The van der Waals surface area contributed by atoms with Gasteiger partial charge in [0.15, 0.2) is 11.0 Å². The summed E-state index contributed by atoms with van der Waals surface area (Å²) in [5.74, 6) is 0.866. The lowest BCUT2D eigenvalue weighted by Crippen LogP contribution is -2.49. The zero-order chi connectivity index (χ0) is 21.1. The molecule has 1 aromatic heterocycles. The first-order valence-electron chi connectivity index (χ1n) is 10.1.